The number of rotatable bonds is 11. The molecule has 6 nitrogen and oxygen atoms in total. The fourth-order valence-corrected chi connectivity index (χ4v) is 2.24. The Hall–Kier alpha value is -1.06. The van der Waals surface area contributed by atoms with Crippen LogP contribution in [0.1, 0.15) is 18.4 Å². The van der Waals surface area contributed by atoms with Crippen LogP contribution in [0.2, 0.25) is 0 Å². The molecule has 1 aromatic carbocycles. The Bertz CT molecular complexity index is 469. The minimum atomic E-state index is 0. The van der Waals surface area contributed by atoms with Gasteiger partial charge in [-0.15, -0.1) is 24.0 Å². The van der Waals surface area contributed by atoms with Gasteiger partial charge in [-0.3, -0.25) is 4.99 Å². The molecule has 0 heterocycles. The number of nitrogens with one attached hydrogen (secondary N) is 1. The molecule has 0 bridgehead atoms. The minimum absolute atomic E-state index is 0. The predicted octanol–water partition coefficient (Wildman–Crippen LogP) is 2.76. The van der Waals surface area contributed by atoms with Crippen LogP contribution in [0.5, 0.6) is 5.75 Å². The van der Waals surface area contributed by atoms with E-state index >= 15 is 0 Å². The van der Waals surface area contributed by atoms with E-state index in [2.05, 4.69) is 27.3 Å². The van der Waals surface area contributed by atoms with Gasteiger partial charge in [0.15, 0.2) is 5.96 Å². The number of unbranched alkanes of at least 4 members (excludes halogenated alkanes) is 1. The third-order valence-corrected chi connectivity index (χ3v) is 3.58. The first-order chi connectivity index (χ1) is 11.7. The molecule has 0 saturated heterocycles. The molecule has 25 heavy (non-hydrogen) atoms. The maximum atomic E-state index is 5.45. The number of aliphatic imine (C=N–C) groups is 1. The van der Waals surface area contributed by atoms with Crippen LogP contribution in [0, 0.1) is 0 Å². The molecule has 0 amide bonds. The van der Waals surface area contributed by atoms with Gasteiger partial charge >= 0.3 is 0 Å². The van der Waals surface area contributed by atoms with Crippen molar-refractivity contribution in [3.63, 3.8) is 0 Å². The molecule has 0 unspecified atom stereocenters. The number of ether oxygens (including phenoxy) is 3. The molecule has 7 heteroatoms. The number of hydrogen-bond donors (Lipinski definition) is 1. The molecule has 1 rings (SSSR count). The molecule has 0 radical (unpaired) electrons. The molecule has 0 atom stereocenters. The minimum Gasteiger partial charge on any atom is -0.497 e. The summed E-state index contributed by atoms with van der Waals surface area (Å²) in [6, 6.07) is 8.09. The molecule has 0 aliphatic heterocycles. The number of methoxy groups -OCH3 is 2. The van der Waals surface area contributed by atoms with Crippen molar-refractivity contribution in [2.75, 3.05) is 54.7 Å². The number of guanidine groups is 1. The van der Waals surface area contributed by atoms with E-state index in [0.29, 0.717) is 13.2 Å². The zero-order chi connectivity index (χ0) is 17.6. The summed E-state index contributed by atoms with van der Waals surface area (Å²) < 4.78 is 15.6. The van der Waals surface area contributed by atoms with E-state index in [1.807, 2.05) is 19.2 Å². The lowest BCUT2D eigenvalue weighted by Gasteiger charge is -2.22. The Morgan fingerprint density at radius 2 is 1.80 bits per heavy atom. The van der Waals surface area contributed by atoms with Gasteiger partial charge in [-0.1, -0.05) is 12.1 Å². The Balaban J connectivity index is 0.00000576. The molecule has 0 aliphatic rings. The molecule has 1 N–H and O–H groups in total. The van der Waals surface area contributed by atoms with Crippen molar-refractivity contribution in [1.29, 1.82) is 0 Å². The highest BCUT2D eigenvalue weighted by molar-refractivity contribution is 14.0. The summed E-state index contributed by atoms with van der Waals surface area (Å²) in [4.78, 5) is 6.44. The Morgan fingerprint density at radius 3 is 2.40 bits per heavy atom. The third kappa shape index (κ3) is 10.5. The molecular weight excluding hydrogens is 433 g/mol. The van der Waals surface area contributed by atoms with Crippen molar-refractivity contribution in [2.45, 2.75) is 19.4 Å². The van der Waals surface area contributed by atoms with Crippen LogP contribution in [0.15, 0.2) is 29.3 Å². The first-order valence-electron chi connectivity index (χ1n) is 8.32. The molecule has 0 saturated carbocycles. The van der Waals surface area contributed by atoms with Crippen LogP contribution < -0.4 is 10.1 Å². The smallest absolute Gasteiger partial charge is 0.193 e. The molecular formula is C18H32IN3O3. The summed E-state index contributed by atoms with van der Waals surface area (Å²) in [6.07, 6.45) is 2.07. The molecule has 0 fully saturated rings. The number of halogens is 1. The summed E-state index contributed by atoms with van der Waals surface area (Å²) in [6.45, 7) is 3.76. The van der Waals surface area contributed by atoms with Crippen molar-refractivity contribution in [1.82, 2.24) is 10.2 Å². The maximum absolute atomic E-state index is 5.45. The second-order valence-electron chi connectivity index (χ2n) is 5.49. The van der Waals surface area contributed by atoms with Gasteiger partial charge in [-0.05, 0) is 30.5 Å². The zero-order valence-corrected chi connectivity index (χ0v) is 18.1. The molecule has 1 aromatic rings. The van der Waals surface area contributed by atoms with Gasteiger partial charge in [0.25, 0.3) is 0 Å². The summed E-state index contributed by atoms with van der Waals surface area (Å²) in [7, 11) is 7.20. The summed E-state index contributed by atoms with van der Waals surface area (Å²) in [5.41, 5.74) is 1.22. The second kappa shape index (κ2) is 15.2. The normalized spacial score (nSPS) is 11.0. The lowest BCUT2D eigenvalue weighted by atomic mass is 10.2. The average molecular weight is 465 g/mol. The number of hydrogen-bond acceptors (Lipinski definition) is 4. The van der Waals surface area contributed by atoms with Crippen LogP contribution in [0.25, 0.3) is 0 Å². The lowest BCUT2D eigenvalue weighted by molar-refractivity contribution is 0.0689. The Morgan fingerprint density at radius 1 is 1.08 bits per heavy atom. The largest absolute Gasteiger partial charge is 0.497 e. The fourth-order valence-electron chi connectivity index (χ4n) is 2.24. The van der Waals surface area contributed by atoms with Gasteiger partial charge in [0.05, 0.1) is 20.3 Å². The molecule has 0 aromatic heterocycles. The van der Waals surface area contributed by atoms with Gasteiger partial charge in [0.2, 0.25) is 0 Å². The van der Waals surface area contributed by atoms with Crippen LogP contribution in [-0.4, -0.2) is 65.5 Å². The number of benzene rings is 1. The summed E-state index contributed by atoms with van der Waals surface area (Å²) in [5.74, 6) is 1.77. The van der Waals surface area contributed by atoms with E-state index < -0.39 is 0 Å². The average Bonchev–Trinajstić information content (AvgIpc) is 2.61. The second-order valence-corrected chi connectivity index (χ2v) is 5.49. The van der Waals surface area contributed by atoms with Crippen molar-refractivity contribution in [2.24, 2.45) is 4.99 Å². The topological polar surface area (TPSA) is 55.3 Å². The lowest BCUT2D eigenvalue weighted by Crippen LogP contribution is -2.38. The van der Waals surface area contributed by atoms with Crippen molar-refractivity contribution >= 4 is 29.9 Å². The van der Waals surface area contributed by atoms with Gasteiger partial charge in [0, 0.05) is 40.9 Å². The maximum Gasteiger partial charge on any atom is 0.193 e. The van der Waals surface area contributed by atoms with E-state index in [0.717, 1.165) is 44.2 Å². The monoisotopic (exact) mass is 465 g/mol. The highest BCUT2D eigenvalue weighted by Gasteiger charge is 2.06. The van der Waals surface area contributed by atoms with Gasteiger partial charge in [-0.25, -0.2) is 0 Å². The molecule has 0 aliphatic carbocycles. The van der Waals surface area contributed by atoms with Crippen molar-refractivity contribution in [3.8, 4) is 5.75 Å². The highest BCUT2D eigenvalue weighted by Crippen LogP contribution is 2.12. The highest BCUT2D eigenvalue weighted by atomic mass is 127. The predicted molar refractivity (Wildman–Crippen MR) is 113 cm³/mol. The first kappa shape index (κ1) is 23.9. The number of nitrogens with zero attached hydrogens (tertiary/aromatic N) is 2. The first-order valence-corrected chi connectivity index (χ1v) is 8.32. The van der Waals surface area contributed by atoms with Crippen LogP contribution in [0.3, 0.4) is 0 Å². The Labute approximate surface area is 169 Å². The van der Waals surface area contributed by atoms with Crippen LogP contribution in [0.4, 0.5) is 0 Å². The van der Waals surface area contributed by atoms with E-state index in [1.54, 1.807) is 21.3 Å². The van der Waals surface area contributed by atoms with Gasteiger partial charge in [-0.2, -0.15) is 0 Å². The van der Waals surface area contributed by atoms with E-state index in [-0.39, 0.29) is 24.0 Å². The summed E-state index contributed by atoms with van der Waals surface area (Å²) >= 11 is 0. The van der Waals surface area contributed by atoms with Gasteiger partial charge in [0.1, 0.15) is 5.75 Å². The van der Waals surface area contributed by atoms with E-state index in [1.165, 1.54) is 5.56 Å². The molecule has 0 spiro atoms. The molecule has 144 valence electrons. The third-order valence-electron chi connectivity index (χ3n) is 3.58. The Kier molecular flexibility index (Phi) is 14.6. The SMILES string of the molecule is CN=C(NCCCCOCCOC)N(C)Cc1ccc(OC)cc1.I. The van der Waals surface area contributed by atoms with E-state index in [9.17, 15) is 0 Å². The van der Waals surface area contributed by atoms with Crippen LogP contribution >= 0.6 is 24.0 Å². The summed E-state index contributed by atoms with van der Waals surface area (Å²) in [5, 5.41) is 3.39. The standard InChI is InChI=1S/C18H31N3O3.HI/c1-19-18(20-11-5-6-12-24-14-13-22-3)21(2)15-16-7-9-17(23-4)10-8-16;/h7-10H,5-6,11-15H2,1-4H3,(H,19,20);1H. The fraction of sp³-hybridized carbons (Fsp3) is 0.611. The van der Waals surface area contributed by atoms with Crippen molar-refractivity contribution in [3.05, 3.63) is 29.8 Å². The van der Waals surface area contributed by atoms with Crippen molar-refractivity contribution < 1.29 is 14.2 Å². The van der Waals surface area contributed by atoms with Crippen LogP contribution in [-0.2, 0) is 16.0 Å². The zero-order valence-electron chi connectivity index (χ0n) is 15.8. The quantitative estimate of drug-likeness (QED) is 0.236. The van der Waals surface area contributed by atoms with E-state index in [4.69, 9.17) is 14.2 Å². The van der Waals surface area contributed by atoms with Gasteiger partial charge < -0.3 is 24.4 Å².